The largest absolute Gasteiger partial charge is 0.373 e. The second kappa shape index (κ2) is 10.2. The number of amides is 2. The highest BCUT2D eigenvalue weighted by molar-refractivity contribution is 5.90. The quantitative estimate of drug-likeness (QED) is 0.587. The van der Waals surface area contributed by atoms with Crippen molar-refractivity contribution in [2.24, 2.45) is 0 Å². The van der Waals surface area contributed by atoms with Gasteiger partial charge in [0.25, 0.3) is 0 Å². The first-order valence-corrected chi connectivity index (χ1v) is 11.5. The summed E-state index contributed by atoms with van der Waals surface area (Å²) in [5.41, 5.74) is 5.70. The first kappa shape index (κ1) is 23.0. The molecule has 3 aromatic rings. The van der Waals surface area contributed by atoms with Crippen molar-refractivity contribution in [1.29, 1.82) is 0 Å². The van der Waals surface area contributed by atoms with Crippen LogP contribution in [0.2, 0.25) is 0 Å². The highest BCUT2D eigenvalue weighted by Crippen LogP contribution is 2.22. The predicted molar refractivity (Wildman–Crippen MR) is 131 cm³/mol. The summed E-state index contributed by atoms with van der Waals surface area (Å²) in [4.78, 5) is 15.0. The Bertz CT molecular complexity index is 1070. The van der Waals surface area contributed by atoms with Gasteiger partial charge in [0, 0.05) is 26.2 Å². The van der Waals surface area contributed by atoms with E-state index in [0.717, 1.165) is 48.0 Å². The summed E-state index contributed by atoms with van der Waals surface area (Å²) in [5, 5.41) is 10.5. The number of urea groups is 1. The second-order valence-electron chi connectivity index (χ2n) is 8.87. The average molecular weight is 448 g/mol. The summed E-state index contributed by atoms with van der Waals surface area (Å²) in [6.45, 7) is 11.4. The van der Waals surface area contributed by atoms with Crippen molar-refractivity contribution in [3.05, 3.63) is 77.1 Å². The van der Waals surface area contributed by atoms with Crippen molar-refractivity contribution in [1.82, 2.24) is 20.0 Å². The van der Waals surface area contributed by atoms with Crippen LogP contribution in [-0.2, 0) is 17.8 Å². The Hall–Kier alpha value is -3.16. The number of rotatable bonds is 6. The smallest absolute Gasteiger partial charge is 0.319 e. The van der Waals surface area contributed by atoms with E-state index in [1.54, 1.807) is 0 Å². The molecule has 174 valence electrons. The molecule has 2 unspecified atom stereocenters. The van der Waals surface area contributed by atoms with E-state index in [1.807, 2.05) is 48.9 Å². The van der Waals surface area contributed by atoms with E-state index >= 15 is 0 Å². The van der Waals surface area contributed by atoms with E-state index in [2.05, 4.69) is 58.7 Å². The van der Waals surface area contributed by atoms with Crippen LogP contribution in [0.3, 0.4) is 0 Å². The Morgan fingerprint density at radius 2 is 1.64 bits per heavy atom. The van der Waals surface area contributed by atoms with Gasteiger partial charge in [0.05, 0.1) is 35.0 Å². The molecule has 7 heteroatoms. The van der Waals surface area contributed by atoms with Crippen LogP contribution < -0.4 is 10.6 Å². The number of hydrogen-bond acceptors (Lipinski definition) is 4. The van der Waals surface area contributed by atoms with Gasteiger partial charge in [-0.25, -0.2) is 9.48 Å². The van der Waals surface area contributed by atoms with Crippen molar-refractivity contribution >= 4 is 11.7 Å². The number of carbonyl (C=O) groups excluding carboxylic acids is 1. The Kier molecular flexibility index (Phi) is 7.11. The maximum absolute atomic E-state index is 12.5. The van der Waals surface area contributed by atoms with Crippen LogP contribution in [0.25, 0.3) is 5.69 Å². The van der Waals surface area contributed by atoms with Crippen molar-refractivity contribution < 1.29 is 9.53 Å². The van der Waals surface area contributed by atoms with E-state index in [9.17, 15) is 4.79 Å². The van der Waals surface area contributed by atoms with E-state index in [-0.39, 0.29) is 18.2 Å². The fraction of sp³-hybridized carbons (Fsp3) is 0.385. The monoisotopic (exact) mass is 447 g/mol. The van der Waals surface area contributed by atoms with Gasteiger partial charge >= 0.3 is 6.03 Å². The van der Waals surface area contributed by atoms with Gasteiger partial charge in [-0.15, -0.1) is 0 Å². The third-order valence-corrected chi connectivity index (χ3v) is 5.91. The number of nitrogens with one attached hydrogen (secondary N) is 2. The number of carbonyl (C=O) groups is 1. The molecule has 2 atom stereocenters. The average Bonchev–Trinajstić information content (AvgIpc) is 3.07. The molecule has 0 radical (unpaired) electrons. The van der Waals surface area contributed by atoms with Crippen molar-refractivity contribution in [2.45, 2.75) is 53.0 Å². The number of aryl methyl sites for hydroxylation is 1. The molecule has 1 saturated heterocycles. The second-order valence-corrected chi connectivity index (χ2v) is 8.87. The number of anilines is 1. The number of hydrogen-bond donors (Lipinski definition) is 2. The predicted octanol–water partition coefficient (Wildman–Crippen LogP) is 4.42. The van der Waals surface area contributed by atoms with Gasteiger partial charge in [-0.3, -0.25) is 4.90 Å². The maximum atomic E-state index is 12.5. The van der Waals surface area contributed by atoms with Gasteiger partial charge in [-0.2, -0.15) is 5.10 Å². The number of nitrogens with zero attached hydrogens (tertiary/aromatic N) is 3. The van der Waals surface area contributed by atoms with Crippen molar-refractivity contribution in [3.8, 4) is 5.69 Å². The molecule has 1 aliphatic heterocycles. The number of morpholine rings is 1. The van der Waals surface area contributed by atoms with Crippen LogP contribution in [0, 0.1) is 13.8 Å². The summed E-state index contributed by atoms with van der Waals surface area (Å²) >= 11 is 0. The topological polar surface area (TPSA) is 71.4 Å². The van der Waals surface area contributed by atoms with E-state index < -0.39 is 0 Å². The summed E-state index contributed by atoms with van der Waals surface area (Å²) in [7, 11) is 0. The molecule has 0 saturated carbocycles. The molecular weight excluding hydrogens is 414 g/mol. The van der Waals surface area contributed by atoms with Gasteiger partial charge in [0.15, 0.2) is 0 Å². The van der Waals surface area contributed by atoms with Crippen LogP contribution in [0.5, 0.6) is 0 Å². The summed E-state index contributed by atoms with van der Waals surface area (Å²) in [5.74, 6) is 0. The zero-order valence-corrected chi connectivity index (χ0v) is 19.8. The minimum Gasteiger partial charge on any atom is -0.373 e. The highest BCUT2D eigenvalue weighted by atomic mass is 16.5. The van der Waals surface area contributed by atoms with E-state index in [4.69, 9.17) is 4.74 Å². The van der Waals surface area contributed by atoms with Gasteiger partial charge in [-0.1, -0.05) is 42.5 Å². The zero-order chi connectivity index (χ0) is 23.4. The van der Waals surface area contributed by atoms with Gasteiger partial charge < -0.3 is 15.4 Å². The molecule has 2 amide bonds. The Balaban J connectivity index is 1.31. The lowest BCUT2D eigenvalue weighted by molar-refractivity contribution is -0.0704. The zero-order valence-electron chi connectivity index (χ0n) is 19.8. The van der Waals surface area contributed by atoms with Crippen LogP contribution in [0.15, 0.2) is 54.6 Å². The molecule has 1 fully saturated rings. The van der Waals surface area contributed by atoms with Crippen molar-refractivity contribution in [3.63, 3.8) is 0 Å². The number of benzene rings is 2. The maximum Gasteiger partial charge on any atom is 0.319 e. The first-order chi connectivity index (χ1) is 15.9. The lowest BCUT2D eigenvalue weighted by Crippen LogP contribution is -2.44. The van der Waals surface area contributed by atoms with Crippen molar-refractivity contribution in [2.75, 3.05) is 18.4 Å². The Labute approximate surface area is 195 Å². The molecule has 2 heterocycles. The summed E-state index contributed by atoms with van der Waals surface area (Å²) in [6, 6.07) is 18.1. The first-order valence-electron chi connectivity index (χ1n) is 11.5. The molecule has 2 N–H and O–H groups in total. The van der Waals surface area contributed by atoms with E-state index in [0.29, 0.717) is 6.54 Å². The van der Waals surface area contributed by atoms with Crippen LogP contribution in [-0.4, -0.2) is 46.0 Å². The SMILES string of the molecule is Cc1nn(-c2ccccc2)c(C)c1NC(=O)NCc1ccc(CN2CC(C)OC(C)C2)cc1. The molecule has 4 rings (SSSR count). The van der Waals surface area contributed by atoms with Gasteiger partial charge in [-0.05, 0) is 51.0 Å². The molecule has 0 aliphatic carbocycles. The van der Waals surface area contributed by atoms with Crippen LogP contribution in [0.4, 0.5) is 10.5 Å². The molecule has 2 aromatic carbocycles. The van der Waals surface area contributed by atoms with Gasteiger partial charge in [0.1, 0.15) is 0 Å². The lowest BCUT2D eigenvalue weighted by atomic mass is 10.1. The third-order valence-electron chi connectivity index (χ3n) is 5.91. The molecule has 1 aromatic heterocycles. The minimum absolute atomic E-state index is 0.241. The summed E-state index contributed by atoms with van der Waals surface area (Å²) in [6.07, 6.45) is 0.533. The number of ether oxygens (including phenoxy) is 1. The van der Waals surface area contributed by atoms with Crippen LogP contribution >= 0.6 is 0 Å². The van der Waals surface area contributed by atoms with E-state index in [1.165, 1.54) is 5.56 Å². The molecular formula is C26H33N5O2. The normalized spacial score (nSPS) is 18.8. The third kappa shape index (κ3) is 5.80. The summed E-state index contributed by atoms with van der Waals surface area (Å²) < 4.78 is 7.66. The molecule has 0 bridgehead atoms. The molecule has 1 aliphatic rings. The fourth-order valence-corrected chi connectivity index (χ4v) is 4.42. The lowest BCUT2D eigenvalue weighted by Gasteiger charge is -2.35. The Morgan fingerprint density at radius 1 is 1.00 bits per heavy atom. The Morgan fingerprint density at radius 3 is 2.30 bits per heavy atom. The van der Waals surface area contributed by atoms with Crippen LogP contribution in [0.1, 0.15) is 36.4 Å². The molecule has 7 nitrogen and oxygen atoms in total. The fourth-order valence-electron chi connectivity index (χ4n) is 4.42. The van der Waals surface area contributed by atoms with Gasteiger partial charge in [0.2, 0.25) is 0 Å². The number of aromatic nitrogens is 2. The number of para-hydroxylation sites is 1. The highest BCUT2D eigenvalue weighted by Gasteiger charge is 2.22. The standard InChI is InChI=1S/C26H33N5O2/c1-18-15-30(16-19(2)33-18)17-23-12-10-22(11-13-23)14-27-26(32)28-25-20(3)29-31(21(25)4)24-8-6-5-7-9-24/h5-13,18-19H,14-17H2,1-4H3,(H2,27,28,32). The molecule has 0 spiro atoms. The minimum atomic E-state index is -0.241. The molecule has 33 heavy (non-hydrogen) atoms.